The molecule has 0 bridgehead atoms. The van der Waals surface area contributed by atoms with E-state index >= 15 is 0 Å². The van der Waals surface area contributed by atoms with Gasteiger partial charge in [0.2, 0.25) is 0 Å². The minimum atomic E-state index is -0.535. The molecule has 1 N–H and O–H groups in total. The van der Waals surface area contributed by atoms with Crippen LogP contribution in [0.5, 0.6) is 0 Å². The standard InChI is InChI=1S/C16H21N3O/c1-11(20)14-8-19(10-17-14)12-5-6-13-15(7-12)18(4)9-16(13,2)3/h5-8,10-11,20H,9H2,1-4H3. The Hall–Kier alpha value is -1.81. The molecular weight excluding hydrogens is 250 g/mol. The van der Waals surface area contributed by atoms with Crippen LogP contribution in [-0.4, -0.2) is 28.3 Å². The molecule has 1 aromatic heterocycles. The fourth-order valence-corrected chi connectivity index (χ4v) is 3.03. The molecule has 3 rings (SSSR count). The highest BCUT2D eigenvalue weighted by molar-refractivity contribution is 5.65. The summed E-state index contributed by atoms with van der Waals surface area (Å²) in [7, 11) is 2.13. The molecule has 20 heavy (non-hydrogen) atoms. The van der Waals surface area contributed by atoms with E-state index in [-0.39, 0.29) is 5.41 Å². The van der Waals surface area contributed by atoms with Crippen LogP contribution in [0.25, 0.3) is 5.69 Å². The summed E-state index contributed by atoms with van der Waals surface area (Å²) in [5.41, 5.74) is 4.63. The van der Waals surface area contributed by atoms with E-state index in [1.807, 2.05) is 10.8 Å². The number of hydrogen-bond donors (Lipinski definition) is 1. The third-order valence-corrected chi connectivity index (χ3v) is 4.08. The SMILES string of the molecule is CC(O)c1cn(-c2ccc3c(c2)N(C)CC3(C)C)cn1. The van der Waals surface area contributed by atoms with Crippen LogP contribution in [0.15, 0.2) is 30.7 Å². The van der Waals surface area contributed by atoms with Crippen LogP contribution in [0.4, 0.5) is 5.69 Å². The Balaban J connectivity index is 2.02. The largest absolute Gasteiger partial charge is 0.387 e. The zero-order valence-corrected chi connectivity index (χ0v) is 12.5. The molecule has 2 heterocycles. The van der Waals surface area contributed by atoms with E-state index < -0.39 is 6.10 Å². The molecule has 4 nitrogen and oxygen atoms in total. The first-order valence-electron chi connectivity index (χ1n) is 6.96. The van der Waals surface area contributed by atoms with Crippen LogP contribution in [-0.2, 0) is 5.41 Å². The first-order chi connectivity index (χ1) is 9.38. The van der Waals surface area contributed by atoms with Gasteiger partial charge in [0.1, 0.15) is 0 Å². The Kier molecular flexibility index (Phi) is 2.87. The van der Waals surface area contributed by atoms with Gasteiger partial charge in [-0.1, -0.05) is 19.9 Å². The lowest BCUT2D eigenvalue weighted by Gasteiger charge is -2.18. The summed E-state index contributed by atoms with van der Waals surface area (Å²) in [6.45, 7) is 7.32. The highest BCUT2D eigenvalue weighted by atomic mass is 16.3. The predicted octanol–water partition coefficient (Wildman–Crippen LogP) is 2.65. The lowest BCUT2D eigenvalue weighted by Crippen LogP contribution is -2.24. The van der Waals surface area contributed by atoms with E-state index in [0.717, 1.165) is 12.2 Å². The number of rotatable bonds is 2. The predicted molar refractivity (Wildman–Crippen MR) is 80.5 cm³/mol. The minimum absolute atomic E-state index is 0.197. The second kappa shape index (κ2) is 4.35. The van der Waals surface area contributed by atoms with Gasteiger partial charge in [0.25, 0.3) is 0 Å². The highest BCUT2D eigenvalue weighted by Gasteiger charge is 2.33. The van der Waals surface area contributed by atoms with Gasteiger partial charge < -0.3 is 14.6 Å². The van der Waals surface area contributed by atoms with Crippen molar-refractivity contribution >= 4 is 5.69 Å². The van der Waals surface area contributed by atoms with Crippen LogP contribution >= 0.6 is 0 Å². The van der Waals surface area contributed by atoms with Crippen molar-refractivity contribution in [2.45, 2.75) is 32.3 Å². The van der Waals surface area contributed by atoms with Crippen molar-refractivity contribution in [3.05, 3.63) is 42.0 Å². The molecule has 2 aromatic rings. The van der Waals surface area contributed by atoms with Gasteiger partial charge >= 0.3 is 0 Å². The first-order valence-corrected chi connectivity index (χ1v) is 6.96. The Labute approximate surface area is 119 Å². The van der Waals surface area contributed by atoms with Gasteiger partial charge in [0, 0.05) is 36.6 Å². The second-order valence-corrected chi connectivity index (χ2v) is 6.32. The summed E-state index contributed by atoms with van der Waals surface area (Å²) in [4.78, 5) is 6.53. The van der Waals surface area contributed by atoms with Gasteiger partial charge in [0.05, 0.1) is 18.1 Å². The molecule has 0 spiro atoms. The van der Waals surface area contributed by atoms with E-state index in [0.29, 0.717) is 5.69 Å². The summed E-state index contributed by atoms with van der Waals surface area (Å²) >= 11 is 0. The number of aromatic nitrogens is 2. The third kappa shape index (κ3) is 2.00. The number of imidazole rings is 1. The molecular formula is C16H21N3O. The summed E-state index contributed by atoms with van der Waals surface area (Å²) in [5, 5.41) is 9.57. The number of benzene rings is 1. The van der Waals surface area contributed by atoms with Crippen molar-refractivity contribution in [2.75, 3.05) is 18.5 Å². The second-order valence-electron chi connectivity index (χ2n) is 6.32. The van der Waals surface area contributed by atoms with Gasteiger partial charge in [-0.05, 0) is 24.6 Å². The number of nitrogens with zero attached hydrogens (tertiary/aromatic N) is 3. The zero-order valence-electron chi connectivity index (χ0n) is 12.5. The summed E-state index contributed by atoms with van der Waals surface area (Å²) in [5.74, 6) is 0. The molecule has 0 aliphatic carbocycles. The van der Waals surface area contributed by atoms with E-state index in [4.69, 9.17) is 0 Å². The lowest BCUT2D eigenvalue weighted by molar-refractivity contribution is 0.195. The molecule has 1 aliphatic heterocycles. The number of hydrogen-bond acceptors (Lipinski definition) is 3. The smallest absolute Gasteiger partial charge is 0.0996 e. The molecule has 4 heteroatoms. The number of aliphatic hydroxyl groups excluding tert-OH is 1. The zero-order chi connectivity index (χ0) is 14.5. The van der Waals surface area contributed by atoms with Crippen LogP contribution in [0.1, 0.15) is 38.1 Å². The molecule has 106 valence electrons. The molecule has 0 saturated carbocycles. The van der Waals surface area contributed by atoms with Crippen LogP contribution in [0.2, 0.25) is 0 Å². The molecule has 0 saturated heterocycles. The summed E-state index contributed by atoms with van der Waals surface area (Å²) in [6, 6.07) is 6.51. The van der Waals surface area contributed by atoms with Crippen molar-refractivity contribution in [3.63, 3.8) is 0 Å². The van der Waals surface area contributed by atoms with Crippen molar-refractivity contribution in [1.29, 1.82) is 0 Å². The van der Waals surface area contributed by atoms with Gasteiger partial charge in [-0.3, -0.25) is 0 Å². The van der Waals surface area contributed by atoms with Crippen molar-refractivity contribution in [1.82, 2.24) is 9.55 Å². The number of fused-ring (bicyclic) bond motifs is 1. The van der Waals surface area contributed by atoms with Crippen LogP contribution in [0, 0.1) is 0 Å². The quantitative estimate of drug-likeness (QED) is 0.913. The van der Waals surface area contributed by atoms with Gasteiger partial charge in [0.15, 0.2) is 0 Å². The maximum Gasteiger partial charge on any atom is 0.0996 e. The minimum Gasteiger partial charge on any atom is -0.387 e. The van der Waals surface area contributed by atoms with Crippen molar-refractivity contribution < 1.29 is 5.11 Å². The maximum atomic E-state index is 9.57. The Bertz CT molecular complexity index is 643. The average Bonchev–Trinajstić information content (AvgIpc) is 2.94. The molecule has 1 aromatic carbocycles. The molecule has 1 atom stereocenters. The Morgan fingerprint density at radius 1 is 1.35 bits per heavy atom. The highest BCUT2D eigenvalue weighted by Crippen LogP contribution is 2.40. The van der Waals surface area contributed by atoms with Crippen molar-refractivity contribution in [2.24, 2.45) is 0 Å². The molecule has 0 radical (unpaired) electrons. The lowest BCUT2D eigenvalue weighted by atomic mass is 9.87. The third-order valence-electron chi connectivity index (χ3n) is 4.08. The maximum absolute atomic E-state index is 9.57. The summed E-state index contributed by atoms with van der Waals surface area (Å²) in [6.07, 6.45) is 3.10. The summed E-state index contributed by atoms with van der Waals surface area (Å²) < 4.78 is 1.96. The fourth-order valence-electron chi connectivity index (χ4n) is 3.03. The Morgan fingerprint density at radius 3 is 2.75 bits per heavy atom. The first kappa shape index (κ1) is 13.2. The van der Waals surface area contributed by atoms with E-state index in [2.05, 4.69) is 49.0 Å². The number of likely N-dealkylation sites (N-methyl/N-ethyl adjacent to an activating group) is 1. The monoisotopic (exact) mass is 271 g/mol. The Morgan fingerprint density at radius 2 is 2.10 bits per heavy atom. The van der Waals surface area contributed by atoms with Gasteiger partial charge in [-0.15, -0.1) is 0 Å². The van der Waals surface area contributed by atoms with Crippen LogP contribution < -0.4 is 4.90 Å². The molecule has 1 unspecified atom stereocenters. The van der Waals surface area contributed by atoms with E-state index in [9.17, 15) is 5.11 Å². The average molecular weight is 271 g/mol. The topological polar surface area (TPSA) is 41.3 Å². The molecule has 0 amide bonds. The number of anilines is 1. The molecule has 1 aliphatic rings. The van der Waals surface area contributed by atoms with E-state index in [1.54, 1.807) is 13.3 Å². The van der Waals surface area contributed by atoms with Crippen LogP contribution in [0.3, 0.4) is 0 Å². The van der Waals surface area contributed by atoms with E-state index in [1.165, 1.54) is 11.3 Å². The normalized spacial score (nSPS) is 18.1. The molecule has 0 fully saturated rings. The van der Waals surface area contributed by atoms with Gasteiger partial charge in [-0.2, -0.15) is 0 Å². The number of aliphatic hydroxyl groups is 1. The van der Waals surface area contributed by atoms with Gasteiger partial charge in [-0.25, -0.2) is 4.98 Å². The fraction of sp³-hybridized carbons (Fsp3) is 0.438. The van der Waals surface area contributed by atoms with Crippen molar-refractivity contribution in [3.8, 4) is 5.69 Å².